The number of aliphatic hydroxyl groups excluding tert-OH is 1. The van der Waals surface area contributed by atoms with Gasteiger partial charge in [0.25, 0.3) is 0 Å². The zero-order valence-corrected chi connectivity index (χ0v) is 11.9. The van der Waals surface area contributed by atoms with E-state index < -0.39 is 6.10 Å². The van der Waals surface area contributed by atoms with Gasteiger partial charge in [-0.1, -0.05) is 6.92 Å². The molecule has 0 aliphatic heterocycles. The highest BCUT2D eigenvalue weighted by molar-refractivity contribution is 7.07. The molecule has 2 aromatic rings. The van der Waals surface area contributed by atoms with Gasteiger partial charge in [-0.25, -0.2) is 0 Å². The fourth-order valence-corrected chi connectivity index (χ4v) is 2.19. The van der Waals surface area contributed by atoms with Crippen LogP contribution in [0.15, 0.2) is 16.8 Å². The molecule has 2 heterocycles. The van der Waals surface area contributed by atoms with Crippen LogP contribution in [0.2, 0.25) is 0 Å². The Morgan fingerprint density at radius 1 is 1.45 bits per heavy atom. The fourth-order valence-electron chi connectivity index (χ4n) is 1.48. The first kappa shape index (κ1) is 14.5. The van der Waals surface area contributed by atoms with Crippen molar-refractivity contribution in [1.82, 2.24) is 15.0 Å². The van der Waals surface area contributed by atoms with Gasteiger partial charge in [-0.3, -0.25) is 0 Å². The highest BCUT2D eigenvalue weighted by Gasteiger charge is 2.10. The maximum atomic E-state index is 9.96. The van der Waals surface area contributed by atoms with Gasteiger partial charge in [-0.05, 0) is 28.8 Å². The predicted molar refractivity (Wildman–Crippen MR) is 77.8 cm³/mol. The molecule has 4 N–H and O–H groups in total. The maximum absolute atomic E-state index is 9.96. The summed E-state index contributed by atoms with van der Waals surface area (Å²) in [7, 11) is 0. The molecule has 0 saturated carbocycles. The van der Waals surface area contributed by atoms with E-state index in [0.717, 1.165) is 12.0 Å². The van der Waals surface area contributed by atoms with Crippen molar-refractivity contribution in [2.24, 2.45) is 0 Å². The molecule has 0 aromatic carbocycles. The number of aliphatic hydroxyl groups is 1. The highest BCUT2D eigenvalue weighted by atomic mass is 32.1. The van der Waals surface area contributed by atoms with E-state index in [4.69, 9.17) is 10.5 Å². The number of nitrogens with zero attached hydrogens (tertiary/aromatic N) is 3. The molecule has 1 unspecified atom stereocenters. The molecular weight excluding hydrogens is 278 g/mol. The molecule has 0 fully saturated rings. The number of aromatic nitrogens is 3. The summed E-state index contributed by atoms with van der Waals surface area (Å²) in [6.07, 6.45) is 0.227. The molecular formula is C12H17N5O2S. The van der Waals surface area contributed by atoms with E-state index in [0.29, 0.717) is 6.61 Å². The van der Waals surface area contributed by atoms with E-state index in [1.165, 1.54) is 11.3 Å². The second-order valence-electron chi connectivity index (χ2n) is 4.10. The number of nitrogens with two attached hydrogens (primary N) is 1. The van der Waals surface area contributed by atoms with Crippen LogP contribution in [0.4, 0.5) is 11.9 Å². The summed E-state index contributed by atoms with van der Waals surface area (Å²) >= 11 is 1.53. The zero-order chi connectivity index (χ0) is 14.4. The number of ether oxygens (including phenoxy) is 1. The molecule has 0 aliphatic rings. The Balaban J connectivity index is 1.96. The molecule has 0 saturated heterocycles. The third kappa shape index (κ3) is 4.04. The van der Waals surface area contributed by atoms with Crippen LogP contribution in [-0.4, -0.2) is 33.2 Å². The first-order chi connectivity index (χ1) is 9.69. The SMILES string of the molecule is CCCOc1nc(N)nc(NCC(O)c2ccsc2)n1. The fraction of sp³-hybridized carbons (Fsp3) is 0.417. The Morgan fingerprint density at radius 3 is 3.00 bits per heavy atom. The average molecular weight is 295 g/mol. The van der Waals surface area contributed by atoms with E-state index in [1.807, 2.05) is 23.8 Å². The lowest BCUT2D eigenvalue weighted by atomic mass is 10.2. The van der Waals surface area contributed by atoms with Crippen LogP contribution >= 0.6 is 11.3 Å². The molecule has 0 spiro atoms. The van der Waals surface area contributed by atoms with E-state index in [9.17, 15) is 5.11 Å². The molecule has 2 aromatic heterocycles. The minimum absolute atomic E-state index is 0.0821. The minimum Gasteiger partial charge on any atom is -0.463 e. The molecule has 0 radical (unpaired) electrons. The summed E-state index contributed by atoms with van der Waals surface area (Å²) in [4.78, 5) is 11.9. The molecule has 1 atom stereocenters. The monoisotopic (exact) mass is 295 g/mol. The van der Waals surface area contributed by atoms with Gasteiger partial charge in [0.05, 0.1) is 12.7 Å². The van der Waals surface area contributed by atoms with Crippen molar-refractivity contribution in [2.75, 3.05) is 24.2 Å². The zero-order valence-electron chi connectivity index (χ0n) is 11.1. The lowest BCUT2D eigenvalue weighted by Crippen LogP contribution is -2.15. The number of thiophene rings is 1. The van der Waals surface area contributed by atoms with Crippen LogP contribution in [-0.2, 0) is 0 Å². The van der Waals surface area contributed by atoms with Gasteiger partial charge in [-0.2, -0.15) is 26.3 Å². The van der Waals surface area contributed by atoms with Gasteiger partial charge >= 0.3 is 6.01 Å². The van der Waals surface area contributed by atoms with Crippen LogP contribution < -0.4 is 15.8 Å². The van der Waals surface area contributed by atoms with Gasteiger partial charge in [0.2, 0.25) is 11.9 Å². The van der Waals surface area contributed by atoms with Crippen LogP contribution in [0.1, 0.15) is 25.0 Å². The van der Waals surface area contributed by atoms with Gasteiger partial charge in [-0.15, -0.1) is 0 Å². The Labute approximate surface area is 120 Å². The Kier molecular flexibility index (Phi) is 5.08. The topological polar surface area (TPSA) is 106 Å². The van der Waals surface area contributed by atoms with Gasteiger partial charge in [0.1, 0.15) is 0 Å². The normalized spacial score (nSPS) is 12.1. The number of anilines is 2. The highest BCUT2D eigenvalue weighted by Crippen LogP contribution is 2.17. The summed E-state index contributed by atoms with van der Waals surface area (Å²) in [5, 5.41) is 16.7. The Bertz CT molecular complexity index is 535. The van der Waals surface area contributed by atoms with Crippen molar-refractivity contribution in [2.45, 2.75) is 19.4 Å². The minimum atomic E-state index is -0.626. The first-order valence-corrected chi connectivity index (χ1v) is 7.21. The number of hydrogen-bond acceptors (Lipinski definition) is 8. The molecule has 7 nitrogen and oxygen atoms in total. The van der Waals surface area contributed by atoms with Crippen LogP contribution in [0, 0.1) is 0 Å². The van der Waals surface area contributed by atoms with Gasteiger partial charge in [0.15, 0.2) is 0 Å². The molecule has 0 aliphatic carbocycles. The molecule has 8 heteroatoms. The largest absolute Gasteiger partial charge is 0.463 e. The molecule has 108 valence electrons. The van der Waals surface area contributed by atoms with E-state index in [1.54, 1.807) is 0 Å². The quantitative estimate of drug-likeness (QED) is 0.709. The number of nitrogens with one attached hydrogen (secondary N) is 1. The van der Waals surface area contributed by atoms with E-state index in [-0.39, 0.29) is 24.5 Å². The maximum Gasteiger partial charge on any atom is 0.323 e. The van der Waals surface area contributed by atoms with E-state index >= 15 is 0 Å². The smallest absolute Gasteiger partial charge is 0.323 e. The second-order valence-corrected chi connectivity index (χ2v) is 4.88. The first-order valence-electron chi connectivity index (χ1n) is 6.27. The van der Waals surface area contributed by atoms with Gasteiger partial charge in [0, 0.05) is 6.54 Å². The Morgan fingerprint density at radius 2 is 2.30 bits per heavy atom. The molecule has 20 heavy (non-hydrogen) atoms. The van der Waals surface area contributed by atoms with Crippen molar-refractivity contribution in [3.63, 3.8) is 0 Å². The summed E-state index contributed by atoms with van der Waals surface area (Å²) in [5.74, 6) is 0.372. The van der Waals surface area contributed by atoms with Crippen LogP contribution in [0.25, 0.3) is 0 Å². The number of rotatable bonds is 7. The third-order valence-electron chi connectivity index (χ3n) is 2.45. The molecule has 0 amide bonds. The van der Waals surface area contributed by atoms with Crippen molar-refractivity contribution >= 4 is 23.2 Å². The van der Waals surface area contributed by atoms with Crippen molar-refractivity contribution in [3.05, 3.63) is 22.4 Å². The summed E-state index contributed by atoms with van der Waals surface area (Å²) in [6.45, 7) is 2.79. The Hall–Kier alpha value is -1.93. The lowest BCUT2D eigenvalue weighted by Gasteiger charge is -2.11. The molecule has 2 rings (SSSR count). The van der Waals surface area contributed by atoms with Crippen molar-refractivity contribution in [1.29, 1.82) is 0 Å². The predicted octanol–water partition coefficient (Wildman–Crippen LogP) is 1.45. The molecule has 0 bridgehead atoms. The summed E-state index contributed by atoms with van der Waals surface area (Å²) in [6, 6.07) is 2.06. The summed E-state index contributed by atoms with van der Waals surface area (Å²) < 4.78 is 5.31. The van der Waals surface area contributed by atoms with Crippen molar-refractivity contribution in [3.8, 4) is 6.01 Å². The number of hydrogen-bond donors (Lipinski definition) is 3. The van der Waals surface area contributed by atoms with Crippen molar-refractivity contribution < 1.29 is 9.84 Å². The van der Waals surface area contributed by atoms with Crippen LogP contribution in [0.5, 0.6) is 6.01 Å². The number of nitrogen functional groups attached to an aromatic ring is 1. The average Bonchev–Trinajstić information content (AvgIpc) is 2.96. The van der Waals surface area contributed by atoms with Crippen LogP contribution in [0.3, 0.4) is 0 Å². The third-order valence-corrected chi connectivity index (χ3v) is 3.15. The van der Waals surface area contributed by atoms with E-state index in [2.05, 4.69) is 20.3 Å². The van der Waals surface area contributed by atoms with Gasteiger partial charge < -0.3 is 20.9 Å². The lowest BCUT2D eigenvalue weighted by molar-refractivity contribution is 0.192. The summed E-state index contributed by atoms with van der Waals surface area (Å²) in [5.41, 5.74) is 6.44. The second kappa shape index (κ2) is 7.01. The standard InChI is InChI=1S/C12H17N5O2S/c1-2-4-19-12-16-10(13)15-11(17-12)14-6-9(18)8-3-5-20-7-8/h3,5,7,9,18H,2,4,6H2,1H3,(H3,13,14,15,16,17).